The molecule has 16 heavy (non-hydrogen) atoms. The molecule has 0 bridgehead atoms. The van der Waals surface area contributed by atoms with E-state index in [-0.39, 0.29) is 0 Å². The van der Waals surface area contributed by atoms with Crippen molar-refractivity contribution in [3.63, 3.8) is 0 Å². The van der Waals surface area contributed by atoms with Gasteiger partial charge >= 0.3 is 0 Å². The topological polar surface area (TPSA) is 21.1 Å². The normalized spacial score (nSPS) is 15.4. The van der Waals surface area contributed by atoms with Crippen molar-refractivity contribution in [2.75, 3.05) is 19.6 Å². The third-order valence-corrected chi connectivity index (χ3v) is 3.66. The predicted molar refractivity (Wildman–Crippen MR) is 66.7 cm³/mol. The number of rotatable bonds is 5. The van der Waals surface area contributed by atoms with Crippen molar-refractivity contribution in [2.45, 2.75) is 46.1 Å². The second-order valence-electron chi connectivity index (χ2n) is 4.57. The highest BCUT2D eigenvalue weighted by Crippen LogP contribution is 2.19. The molecule has 0 N–H and O–H groups in total. The Kier molecular flexibility index (Phi) is 3.99. The number of likely N-dealkylation sites (N-methyl/N-ethyl adjacent to an activating group) is 1. The van der Waals surface area contributed by atoms with Crippen molar-refractivity contribution >= 4 is 0 Å². The van der Waals surface area contributed by atoms with E-state index in [4.69, 9.17) is 0 Å². The lowest BCUT2D eigenvalue weighted by atomic mass is 10.0. The van der Waals surface area contributed by atoms with Crippen molar-refractivity contribution in [1.82, 2.24) is 14.5 Å². The molecule has 90 valence electrons. The molecule has 1 heterocycles. The molecule has 0 aliphatic heterocycles. The van der Waals surface area contributed by atoms with E-state index in [1.165, 1.54) is 37.1 Å². The molecule has 3 nitrogen and oxygen atoms in total. The van der Waals surface area contributed by atoms with Crippen LogP contribution in [0.5, 0.6) is 0 Å². The second kappa shape index (κ2) is 5.48. The molecule has 0 atom stereocenters. The van der Waals surface area contributed by atoms with Crippen molar-refractivity contribution in [3.05, 3.63) is 17.7 Å². The van der Waals surface area contributed by atoms with Gasteiger partial charge in [-0.25, -0.2) is 4.98 Å². The molecule has 0 amide bonds. The Morgan fingerprint density at radius 1 is 1.25 bits per heavy atom. The molecule has 0 saturated heterocycles. The summed E-state index contributed by atoms with van der Waals surface area (Å²) >= 11 is 0. The van der Waals surface area contributed by atoms with Crippen LogP contribution in [0.3, 0.4) is 0 Å². The average molecular weight is 221 g/mol. The van der Waals surface area contributed by atoms with Gasteiger partial charge in [0.15, 0.2) is 0 Å². The van der Waals surface area contributed by atoms with Gasteiger partial charge in [0.25, 0.3) is 0 Å². The first-order valence-electron chi connectivity index (χ1n) is 6.60. The number of imidazole rings is 1. The summed E-state index contributed by atoms with van der Waals surface area (Å²) in [5, 5.41) is 0. The summed E-state index contributed by atoms with van der Waals surface area (Å²) in [6.45, 7) is 9.00. The number of hydrogen-bond donors (Lipinski definition) is 0. The van der Waals surface area contributed by atoms with E-state index in [0.29, 0.717) is 0 Å². The van der Waals surface area contributed by atoms with Crippen LogP contribution < -0.4 is 0 Å². The molecular weight excluding hydrogens is 198 g/mol. The quantitative estimate of drug-likeness (QED) is 0.759. The molecule has 2 rings (SSSR count). The Morgan fingerprint density at radius 3 is 2.75 bits per heavy atom. The van der Waals surface area contributed by atoms with Crippen LogP contribution >= 0.6 is 0 Å². The largest absolute Gasteiger partial charge is 0.333 e. The van der Waals surface area contributed by atoms with Gasteiger partial charge in [-0.05, 0) is 38.8 Å². The molecule has 1 aromatic heterocycles. The smallest absolute Gasteiger partial charge is 0.0952 e. The number of aryl methyl sites for hydroxylation is 1. The highest BCUT2D eigenvalue weighted by Gasteiger charge is 2.14. The summed E-state index contributed by atoms with van der Waals surface area (Å²) in [7, 11) is 0. The maximum atomic E-state index is 4.53. The van der Waals surface area contributed by atoms with Crippen molar-refractivity contribution in [1.29, 1.82) is 0 Å². The minimum absolute atomic E-state index is 1.10. The SMILES string of the molecule is CCN(CC)CCn1cnc2c1CCCC2. The standard InChI is InChI=1S/C13H23N3/c1-3-15(4-2)9-10-16-11-14-12-7-5-6-8-13(12)16/h11H,3-10H2,1-2H3. The lowest BCUT2D eigenvalue weighted by Crippen LogP contribution is -2.27. The second-order valence-corrected chi connectivity index (χ2v) is 4.57. The van der Waals surface area contributed by atoms with Gasteiger partial charge in [0.1, 0.15) is 0 Å². The van der Waals surface area contributed by atoms with Crippen LogP contribution in [-0.2, 0) is 19.4 Å². The van der Waals surface area contributed by atoms with Gasteiger partial charge in [0, 0.05) is 18.8 Å². The van der Waals surface area contributed by atoms with E-state index in [9.17, 15) is 0 Å². The molecule has 0 aromatic carbocycles. The average Bonchev–Trinajstić information content (AvgIpc) is 2.74. The summed E-state index contributed by atoms with van der Waals surface area (Å²) in [4.78, 5) is 7.00. The fourth-order valence-electron chi connectivity index (χ4n) is 2.51. The van der Waals surface area contributed by atoms with Crippen LogP contribution in [0.1, 0.15) is 38.1 Å². The van der Waals surface area contributed by atoms with Gasteiger partial charge in [-0.15, -0.1) is 0 Å². The molecule has 1 aromatic rings. The Morgan fingerprint density at radius 2 is 2.00 bits per heavy atom. The van der Waals surface area contributed by atoms with Crippen molar-refractivity contribution < 1.29 is 0 Å². The van der Waals surface area contributed by atoms with Crippen molar-refractivity contribution in [2.24, 2.45) is 0 Å². The van der Waals surface area contributed by atoms with Gasteiger partial charge in [0.05, 0.1) is 12.0 Å². The predicted octanol–water partition coefficient (Wildman–Crippen LogP) is 2.10. The van der Waals surface area contributed by atoms with Gasteiger partial charge in [-0.3, -0.25) is 0 Å². The maximum absolute atomic E-state index is 4.53. The van der Waals surface area contributed by atoms with Gasteiger partial charge in [-0.2, -0.15) is 0 Å². The molecular formula is C13H23N3. The van der Waals surface area contributed by atoms with Gasteiger partial charge in [-0.1, -0.05) is 13.8 Å². The van der Waals surface area contributed by atoms with Crippen LogP contribution in [0.15, 0.2) is 6.33 Å². The number of aromatic nitrogens is 2. The van der Waals surface area contributed by atoms with Gasteiger partial charge in [0.2, 0.25) is 0 Å². The lowest BCUT2D eigenvalue weighted by molar-refractivity contribution is 0.289. The van der Waals surface area contributed by atoms with Crippen LogP contribution in [-0.4, -0.2) is 34.1 Å². The van der Waals surface area contributed by atoms with Crippen LogP contribution in [0.2, 0.25) is 0 Å². The zero-order valence-corrected chi connectivity index (χ0v) is 10.6. The molecule has 1 aliphatic rings. The lowest BCUT2D eigenvalue weighted by Gasteiger charge is -2.20. The van der Waals surface area contributed by atoms with Crippen molar-refractivity contribution in [3.8, 4) is 0 Å². The third kappa shape index (κ3) is 2.46. The minimum atomic E-state index is 1.10. The fraction of sp³-hybridized carbons (Fsp3) is 0.769. The maximum Gasteiger partial charge on any atom is 0.0952 e. The molecule has 0 spiro atoms. The van der Waals surface area contributed by atoms with E-state index in [0.717, 1.165) is 26.2 Å². The zero-order chi connectivity index (χ0) is 11.4. The Balaban J connectivity index is 1.96. The summed E-state index contributed by atoms with van der Waals surface area (Å²) in [5.74, 6) is 0. The highest BCUT2D eigenvalue weighted by molar-refractivity contribution is 5.16. The van der Waals surface area contributed by atoms with Gasteiger partial charge < -0.3 is 9.47 Å². The fourth-order valence-corrected chi connectivity index (χ4v) is 2.51. The minimum Gasteiger partial charge on any atom is -0.333 e. The molecule has 0 saturated carbocycles. The van der Waals surface area contributed by atoms with E-state index >= 15 is 0 Å². The number of nitrogens with zero attached hydrogens (tertiary/aromatic N) is 3. The summed E-state index contributed by atoms with van der Waals surface area (Å²) in [6.07, 6.45) is 7.12. The van der Waals surface area contributed by atoms with E-state index in [1.54, 1.807) is 0 Å². The molecule has 0 radical (unpaired) electrons. The summed E-state index contributed by atoms with van der Waals surface area (Å²) in [6, 6.07) is 0. The molecule has 3 heteroatoms. The highest BCUT2D eigenvalue weighted by atomic mass is 15.2. The number of hydrogen-bond acceptors (Lipinski definition) is 2. The van der Waals surface area contributed by atoms with Crippen LogP contribution in [0.25, 0.3) is 0 Å². The first kappa shape index (κ1) is 11.6. The van der Waals surface area contributed by atoms with E-state index in [2.05, 4.69) is 28.3 Å². The summed E-state index contributed by atoms with van der Waals surface area (Å²) < 4.78 is 2.37. The van der Waals surface area contributed by atoms with E-state index in [1.807, 2.05) is 6.33 Å². The third-order valence-electron chi connectivity index (χ3n) is 3.66. The monoisotopic (exact) mass is 221 g/mol. The number of fused-ring (bicyclic) bond motifs is 1. The first-order chi connectivity index (χ1) is 7.85. The first-order valence-corrected chi connectivity index (χ1v) is 6.60. The molecule has 1 aliphatic carbocycles. The summed E-state index contributed by atoms with van der Waals surface area (Å²) in [5.41, 5.74) is 2.85. The Bertz CT molecular complexity index is 326. The molecule has 0 unspecified atom stereocenters. The van der Waals surface area contributed by atoms with E-state index < -0.39 is 0 Å². The Labute approximate surface area is 98.5 Å². The Hall–Kier alpha value is -0.830. The van der Waals surface area contributed by atoms with Crippen LogP contribution in [0, 0.1) is 0 Å². The van der Waals surface area contributed by atoms with Crippen LogP contribution in [0.4, 0.5) is 0 Å². The zero-order valence-electron chi connectivity index (χ0n) is 10.6. The molecule has 0 fully saturated rings.